The second-order valence-electron chi connectivity index (χ2n) is 3.62. The van der Waals surface area contributed by atoms with Gasteiger partial charge in [0, 0.05) is 18.6 Å². The number of carbonyl (C=O) groups is 1. The van der Waals surface area contributed by atoms with Crippen LogP contribution in [0.15, 0.2) is 22.8 Å². The molecule has 1 aromatic carbocycles. The van der Waals surface area contributed by atoms with Crippen molar-refractivity contribution in [3.05, 3.63) is 34.2 Å². The number of aliphatic carboxylic acids is 1. The predicted molar refractivity (Wildman–Crippen MR) is 61.9 cm³/mol. The number of hydrogen-bond donors (Lipinski definition) is 1. The van der Waals surface area contributed by atoms with E-state index in [4.69, 9.17) is 5.11 Å². The molecule has 1 heterocycles. The third-order valence-electron chi connectivity index (χ3n) is 2.46. The van der Waals surface area contributed by atoms with Crippen LogP contribution in [0.3, 0.4) is 0 Å². The van der Waals surface area contributed by atoms with E-state index in [1.54, 1.807) is 23.9 Å². The number of aryl methyl sites for hydroxylation is 1. The van der Waals surface area contributed by atoms with Gasteiger partial charge in [0.25, 0.3) is 0 Å². The fourth-order valence-electron chi connectivity index (χ4n) is 1.76. The van der Waals surface area contributed by atoms with Crippen molar-refractivity contribution >= 4 is 32.8 Å². The number of nitrogens with zero attached hydrogens (tertiary/aromatic N) is 1. The molecule has 0 spiro atoms. The maximum Gasteiger partial charge on any atom is 0.307 e. The average molecular weight is 286 g/mol. The zero-order chi connectivity index (χ0) is 11.9. The molecule has 0 saturated heterocycles. The van der Waals surface area contributed by atoms with Gasteiger partial charge in [0.05, 0.1) is 16.4 Å². The summed E-state index contributed by atoms with van der Waals surface area (Å²) >= 11 is 3.09. The molecule has 0 radical (unpaired) electrons. The third-order valence-corrected chi connectivity index (χ3v) is 3.06. The van der Waals surface area contributed by atoms with Gasteiger partial charge in [-0.3, -0.25) is 4.79 Å². The first-order chi connectivity index (χ1) is 7.49. The van der Waals surface area contributed by atoms with E-state index >= 15 is 0 Å². The Morgan fingerprint density at radius 1 is 1.56 bits per heavy atom. The lowest BCUT2D eigenvalue weighted by atomic mass is 10.1. The largest absolute Gasteiger partial charge is 0.481 e. The monoisotopic (exact) mass is 285 g/mol. The molecule has 0 aliphatic heterocycles. The first-order valence-corrected chi connectivity index (χ1v) is 5.43. The van der Waals surface area contributed by atoms with Crippen LogP contribution in [0.1, 0.15) is 5.56 Å². The minimum Gasteiger partial charge on any atom is -0.481 e. The van der Waals surface area contributed by atoms with Crippen LogP contribution in [0.2, 0.25) is 0 Å². The molecule has 16 heavy (non-hydrogen) atoms. The lowest BCUT2D eigenvalue weighted by molar-refractivity contribution is -0.136. The Bertz CT molecular complexity index is 577. The van der Waals surface area contributed by atoms with Crippen molar-refractivity contribution in [2.24, 2.45) is 7.05 Å². The highest BCUT2D eigenvalue weighted by Gasteiger charge is 2.12. The SMILES string of the molecule is Cn1cc(CC(=O)O)c2cc(Br)c(F)cc21. The molecular formula is C11H9BrFNO2. The second kappa shape index (κ2) is 3.90. The second-order valence-corrected chi connectivity index (χ2v) is 4.47. The predicted octanol–water partition coefficient (Wildman–Crippen LogP) is 2.71. The molecular weight excluding hydrogens is 277 g/mol. The van der Waals surface area contributed by atoms with Gasteiger partial charge in [0.15, 0.2) is 0 Å². The van der Waals surface area contributed by atoms with Crippen LogP contribution in [-0.2, 0) is 18.3 Å². The summed E-state index contributed by atoms with van der Waals surface area (Å²) in [6.45, 7) is 0. The van der Waals surface area contributed by atoms with Crippen molar-refractivity contribution in [2.45, 2.75) is 6.42 Å². The fourth-order valence-corrected chi connectivity index (χ4v) is 2.11. The van der Waals surface area contributed by atoms with Crippen LogP contribution < -0.4 is 0 Å². The minimum absolute atomic E-state index is 0.0601. The Labute approximate surface area is 99.6 Å². The van der Waals surface area contributed by atoms with E-state index in [0.717, 1.165) is 5.39 Å². The maximum absolute atomic E-state index is 13.3. The van der Waals surface area contributed by atoms with E-state index in [0.29, 0.717) is 15.6 Å². The minimum atomic E-state index is -0.895. The quantitative estimate of drug-likeness (QED) is 0.922. The Kier molecular flexibility index (Phi) is 2.71. The number of aromatic nitrogens is 1. The summed E-state index contributed by atoms with van der Waals surface area (Å²) < 4.78 is 15.4. The average Bonchev–Trinajstić information content (AvgIpc) is 2.44. The molecule has 1 aromatic heterocycles. The van der Waals surface area contributed by atoms with Crippen LogP contribution in [0.4, 0.5) is 4.39 Å². The zero-order valence-corrected chi connectivity index (χ0v) is 10.1. The van der Waals surface area contributed by atoms with Gasteiger partial charge in [-0.25, -0.2) is 4.39 Å². The van der Waals surface area contributed by atoms with Crippen molar-refractivity contribution in [3.8, 4) is 0 Å². The number of fused-ring (bicyclic) bond motifs is 1. The van der Waals surface area contributed by atoms with Crippen LogP contribution in [-0.4, -0.2) is 15.6 Å². The highest BCUT2D eigenvalue weighted by atomic mass is 79.9. The Hall–Kier alpha value is -1.36. The number of hydrogen-bond acceptors (Lipinski definition) is 1. The van der Waals surface area contributed by atoms with Crippen LogP contribution in [0, 0.1) is 5.82 Å². The van der Waals surface area contributed by atoms with E-state index in [9.17, 15) is 9.18 Å². The van der Waals surface area contributed by atoms with E-state index in [1.165, 1.54) is 6.07 Å². The zero-order valence-electron chi connectivity index (χ0n) is 8.50. The number of benzene rings is 1. The van der Waals surface area contributed by atoms with E-state index < -0.39 is 5.97 Å². The smallest absolute Gasteiger partial charge is 0.307 e. The van der Waals surface area contributed by atoms with Crippen molar-refractivity contribution in [1.82, 2.24) is 4.57 Å². The Balaban J connectivity index is 2.68. The van der Waals surface area contributed by atoms with Crippen molar-refractivity contribution < 1.29 is 14.3 Å². The summed E-state index contributed by atoms with van der Waals surface area (Å²) in [6.07, 6.45) is 1.65. The first kappa shape index (κ1) is 11.1. The molecule has 0 bridgehead atoms. The summed E-state index contributed by atoms with van der Waals surface area (Å²) in [4.78, 5) is 10.7. The van der Waals surface area contributed by atoms with Crippen LogP contribution >= 0.6 is 15.9 Å². The lowest BCUT2D eigenvalue weighted by Gasteiger charge is -1.99. The van der Waals surface area contributed by atoms with Gasteiger partial charge in [-0.2, -0.15) is 0 Å². The fraction of sp³-hybridized carbons (Fsp3) is 0.182. The van der Waals surface area contributed by atoms with Gasteiger partial charge in [-0.15, -0.1) is 0 Å². The van der Waals surface area contributed by atoms with Gasteiger partial charge >= 0.3 is 5.97 Å². The molecule has 0 saturated carbocycles. The normalized spacial score (nSPS) is 10.9. The molecule has 1 N–H and O–H groups in total. The molecule has 0 aliphatic rings. The van der Waals surface area contributed by atoms with Crippen molar-refractivity contribution in [3.63, 3.8) is 0 Å². The van der Waals surface area contributed by atoms with Gasteiger partial charge in [-0.05, 0) is 33.6 Å². The lowest BCUT2D eigenvalue weighted by Crippen LogP contribution is -1.99. The van der Waals surface area contributed by atoms with Gasteiger partial charge in [0.1, 0.15) is 5.82 Å². The highest BCUT2D eigenvalue weighted by molar-refractivity contribution is 9.10. The number of rotatable bonds is 2. The van der Waals surface area contributed by atoms with Crippen molar-refractivity contribution in [2.75, 3.05) is 0 Å². The molecule has 0 unspecified atom stereocenters. The molecule has 0 atom stereocenters. The molecule has 84 valence electrons. The van der Waals surface area contributed by atoms with E-state index in [-0.39, 0.29) is 12.2 Å². The van der Waals surface area contributed by atoms with E-state index in [2.05, 4.69) is 15.9 Å². The number of carboxylic acids is 1. The summed E-state index contributed by atoms with van der Waals surface area (Å²) in [5, 5.41) is 9.53. The van der Waals surface area contributed by atoms with Gasteiger partial charge < -0.3 is 9.67 Å². The Morgan fingerprint density at radius 2 is 2.25 bits per heavy atom. The summed E-state index contributed by atoms with van der Waals surface area (Å²) in [5.41, 5.74) is 1.38. The standard InChI is InChI=1S/C11H9BrFNO2/c1-14-5-6(2-11(15)16)7-3-8(12)9(13)4-10(7)14/h3-5H,2H2,1H3,(H,15,16). The summed E-state index contributed by atoms with van der Waals surface area (Å²) in [7, 11) is 1.76. The molecule has 3 nitrogen and oxygen atoms in total. The highest BCUT2D eigenvalue weighted by Crippen LogP contribution is 2.27. The summed E-state index contributed by atoms with van der Waals surface area (Å²) in [6, 6.07) is 3.01. The third kappa shape index (κ3) is 1.82. The maximum atomic E-state index is 13.3. The molecule has 0 fully saturated rings. The summed E-state index contributed by atoms with van der Waals surface area (Å²) in [5.74, 6) is -1.25. The number of halogens is 2. The topological polar surface area (TPSA) is 42.2 Å². The first-order valence-electron chi connectivity index (χ1n) is 4.64. The van der Waals surface area contributed by atoms with Crippen LogP contribution in [0.5, 0.6) is 0 Å². The number of carboxylic acid groups (broad SMARTS) is 1. The van der Waals surface area contributed by atoms with Crippen LogP contribution in [0.25, 0.3) is 10.9 Å². The van der Waals surface area contributed by atoms with Gasteiger partial charge in [0.2, 0.25) is 0 Å². The molecule has 2 aromatic rings. The molecule has 2 rings (SSSR count). The molecule has 0 aliphatic carbocycles. The van der Waals surface area contributed by atoms with Crippen molar-refractivity contribution in [1.29, 1.82) is 0 Å². The Morgan fingerprint density at radius 3 is 2.88 bits per heavy atom. The van der Waals surface area contributed by atoms with Gasteiger partial charge in [-0.1, -0.05) is 0 Å². The van der Waals surface area contributed by atoms with E-state index in [1.807, 2.05) is 0 Å². The molecule has 0 amide bonds. The molecule has 5 heteroatoms.